The number of hydrogen-bond donors (Lipinski definition) is 1. The molecule has 14 heavy (non-hydrogen) atoms. The van der Waals surface area contributed by atoms with E-state index in [2.05, 4.69) is 41.5 Å². The topological polar surface area (TPSA) is 23.9 Å². The summed E-state index contributed by atoms with van der Waals surface area (Å²) in [5, 5.41) is 8.62. The second-order valence-electron chi connectivity index (χ2n) is 5.87. The van der Waals surface area contributed by atoms with Gasteiger partial charge in [-0.3, -0.25) is 0 Å². The zero-order valence-electron chi connectivity index (χ0n) is 10.8. The molecular weight excluding hydrogens is 189 g/mol. The van der Waals surface area contributed by atoms with Gasteiger partial charge in [-0.05, 0) is 43.3 Å². The Labute approximate surface area is 90.5 Å². The van der Waals surface area contributed by atoms with Crippen molar-refractivity contribution in [3.05, 3.63) is 0 Å². The van der Waals surface area contributed by atoms with E-state index in [4.69, 9.17) is 5.16 Å². The van der Waals surface area contributed by atoms with Gasteiger partial charge in [0.1, 0.15) is 0 Å². The minimum Gasteiger partial charge on any atom is -0.319 e. The molecule has 0 atom stereocenters. The maximum absolute atomic E-state index is 8.62. The van der Waals surface area contributed by atoms with Gasteiger partial charge in [0, 0.05) is 0 Å². The van der Waals surface area contributed by atoms with Crippen LogP contribution < -0.4 is 0 Å². The summed E-state index contributed by atoms with van der Waals surface area (Å²) in [6.07, 6.45) is 3.47. The van der Waals surface area contributed by atoms with Crippen molar-refractivity contribution < 1.29 is 0 Å². The fraction of sp³-hybridized carbons (Fsp3) is 1.00. The molecule has 0 amide bonds. The molecule has 0 aromatic rings. The van der Waals surface area contributed by atoms with Crippen LogP contribution in [-0.4, -0.2) is 18.5 Å². The third-order valence-corrected chi connectivity index (χ3v) is 6.43. The largest absolute Gasteiger partial charge is 0.319 e. The molecule has 0 heterocycles. The molecule has 0 aromatic heterocycles. The predicted octanol–water partition coefficient (Wildman–Crippen LogP) is 4.73. The first-order chi connectivity index (χ1) is 6.25. The molecule has 0 spiro atoms. The maximum atomic E-state index is 8.62. The molecule has 2 heteroatoms. The van der Waals surface area contributed by atoms with Gasteiger partial charge in [0.2, 0.25) is 0 Å². The lowest BCUT2D eigenvalue weighted by Crippen LogP contribution is -2.11. The average Bonchev–Trinajstić information content (AvgIpc) is 1.76. The number of hydrogen-bond acceptors (Lipinski definition) is 1. The van der Waals surface area contributed by atoms with Gasteiger partial charge in [-0.15, -0.1) is 0 Å². The van der Waals surface area contributed by atoms with E-state index >= 15 is 0 Å². The Balaban J connectivity index is 4.41. The van der Waals surface area contributed by atoms with E-state index in [1.807, 2.05) is 0 Å². The second kappa shape index (κ2) is 5.95. The second-order valence-corrected chi connectivity index (χ2v) is 9.26. The van der Waals surface area contributed by atoms with Crippen LogP contribution in [0.4, 0.5) is 0 Å². The first-order valence-corrected chi connectivity index (χ1v) is 8.21. The third kappa shape index (κ3) is 6.65. The fourth-order valence-corrected chi connectivity index (χ4v) is 6.96. The molecule has 0 bridgehead atoms. The normalized spacial score (nSPS) is 13.2. The van der Waals surface area contributed by atoms with Crippen molar-refractivity contribution >= 4 is 7.05 Å². The van der Waals surface area contributed by atoms with Gasteiger partial charge in [0.15, 0.2) is 0 Å². The SMILES string of the molecule is CC(C)CP(=N)(CC(C)C)CC(C)C. The zero-order valence-corrected chi connectivity index (χ0v) is 11.7. The van der Waals surface area contributed by atoms with Gasteiger partial charge in [-0.2, -0.15) is 0 Å². The lowest BCUT2D eigenvalue weighted by atomic mass is 10.3. The van der Waals surface area contributed by atoms with Crippen molar-refractivity contribution in [3.63, 3.8) is 0 Å². The summed E-state index contributed by atoms with van der Waals surface area (Å²) in [5.41, 5.74) is 0. The van der Waals surface area contributed by atoms with Gasteiger partial charge in [-0.25, -0.2) is 0 Å². The molecule has 0 radical (unpaired) electrons. The average molecular weight is 217 g/mol. The van der Waals surface area contributed by atoms with Gasteiger partial charge in [0.25, 0.3) is 0 Å². The Morgan fingerprint density at radius 2 is 0.929 bits per heavy atom. The maximum Gasteiger partial charge on any atom is -0.0155 e. The standard InChI is InChI=1S/C12H28NP/c1-10(2)7-14(13,8-11(3)4)9-12(5)6/h10-13H,7-9H2,1-6H3. The third-order valence-electron chi connectivity index (χ3n) is 2.14. The molecule has 1 N–H and O–H groups in total. The highest BCUT2D eigenvalue weighted by atomic mass is 31.2. The van der Waals surface area contributed by atoms with Gasteiger partial charge >= 0.3 is 0 Å². The Bertz CT molecular complexity index is 161. The van der Waals surface area contributed by atoms with E-state index in [0.29, 0.717) is 17.8 Å². The first kappa shape index (κ1) is 14.2. The van der Waals surface area contributed by atoms with Crippen LogP contribution in [0.3, 0.4) is 0 Å². The summed E-state index contributed by atoms with van der Waals surface area (Å²) in [7, 11) is -1.39. The van der Waals surface area contributed by atoms with Crippen LogP contribution in [-0.2, 0) is 0 Å². The lowest BCUT2D eigenvalue weighted by Gasteiger charge is -2.27. The van der Waals surface area contributed by atoms with Crippen molar-refractivity contribution in [2.24, 2.45) is 17.8 Å². The minimum absolute atomic E-state index is 0.693. The molecule has 0 aliphatic rings. The molecule has 0 unspecified atom stereocenters. The van der Waals surface area contributed by atoms with Crippen molar-refractivity contribution in [2.75, 3.05) is 18.5 Å². The van der Waals surface area contributed by atoms with Crippen LogP contribution in [0.25, 0.3) is 0 Å². The summed E-state index contributed by atoms with van der Waals surface area (Å²) < 4.78 is 0. The highest BCUT2D eigenvalue weighted by Gasteiger charge is 2.21. The zero-order chi connectivity index (χ0) is 11.4. The molecular formula is C12H28NP. The van der Waals surface area contributed by atoms with Crippen LogP contribution in [0.1, 0.15) is 41.5 Å². The van der Waals surface area contributed by atoms with Crippen LogP contribution in [0.2, 0.25) is 0 Å². The van der Waals surface area contributed by atoms with Crippen molar-refractivity contribution in [2.45, 2.75) is 41.5 Å². The van der Waals surface area contributed by atoms with E-state index in [9.17, 15) is 0 Å². The molecule has 0 aliphatic heterocycles. The summed E-state index contributed by atoms with van der Waals surface area (Å²) in [6.45, 7) is 13.5. The fourth-order valence-electron chi connectivity index (χ4n) is 2.32. The van der Waals surface area contributed by atoms with Crippen LogP contribution in [0.5, 0.6) is 0 Å². The molecule has 0 saturated carbocycles. The van der Waals surface area contributed by atoms with E-state index in [-0.39, 0.29) is 0 Å². The molecule has 0 rings (SSSR count). The molecule has 0 fully saturated rings. The molecule has 0 saturated heterocycles. The summed E-state index contributed by atoms with van der Waals surface area (Å²) in [6, 6.07) is 0. The first-order valence-electron chi connectivity index (χ1n) is 5.86. The quantitative estimate of drug-likeness (QED) is 0.622. The van der Waals surface area contributed by atoms with E-state index in [1.54, 1.807) is 0 Å². The van der Waals surface area contributed by atoms with Crippen molar-refractivity contribution in [1.29, 1.82) is 5.16 Å². The monoisotopic (exact) mass is 217 g/mol. The van der Waals surface area contributed by atoms with Gasteiger partial charge < -0.3 is 5.16 Å². The number of rotatable bonds is 6. The van der Waals surface area contributed by atoms with E-state index < -0.39 is 7.05 Å². The Kier molecular flexibility index (Phi) is 6.05. The predicted molar refractivity (Wildman–Crippen MR) is 68.8 cm³/mol. The van der Waals surface area contributed by atoms with Crippen LogP contribution in [0.15, 0.2) is 0 Å². The highest BCUT2D eigenvalue weighted by Crippen LogP contribution is 2.50. The Morgan fingerprint density at radius 1 is 0.714 bits per heavy atom. The summed E-state index contributed by atoms with van der Waals surface area (Å²) >= 11 is 0. The molecule has 0 aromatic carbocycles. The highest BCUT2D eigenvalue weighted by molar-refractivity contribution is 7.65. The molecule has 86 valence electrons. The lowest BCUT2D eigenvalue weighted by molar-refractivity contribution is 0.688. The molecule has 0 aliphatic carbocycles. The minimum atomic E-state index is -1.39. The van der Waals surface area contributed by atoms with Crippen molar-refractivity contribution in [3.8, 4) is 0 Å². The van der Waals surface area contributed by atoms with Crippen molar-refractivity contribution in [1.82, 2.24) is 0 Å². The summed E-state index contributed by atoms with van der Waals surface area (Å²) in [5.74, 6) is 2.08. The van der Waals surface area contributed by atoms with Gasteiger partial charge in [-0.1, -0.05) is 41.5 Å². The number of nitrogens with one attached hydrogen (secondary N) is 1. The Morgan fingerprint density at radius 3 is 1.07 bits per heavy atom. The summed E-state index contributed by atoms with van der Waals surface area (Å²) in [4.78, 5) is 0. The smallest absolute Gasteiger partial charge is 0.0155 e. The van der Waals surface area contributed by atoms with E-state index in [0.717, 1.165) is 18.5 Å². The van der Waals surface area contributed by atoms with E-state index in [1.165, 1.54) is 0 Å². The van der Waals surface area contributed by atoms with Crippen LogP contribution >= 0.6 is 7.05 Å². The Hall–Kier alpha value is 0.230. The molecule has 1 nitrogen and oxygen atoms in total. The van der Waals surface area contributed by atoms with Gasteiger partial charge in [0.05, 0.1) is 0 Å². The van der Waals surface area contributed by atoms with Crippen LogP contribution in [0, 0.1) is 22.9 Å².